The first-order valence-electron chi connectivity index (χ1n) is 12.3. The summed E-state index contributed by atoms with van der Waals surface area (Å²) in [7, 11) is 1.63. The molecule has 0 unspecified atom stereocenters. The lowest BCUT2D eigenvalue weighted by Crippen LogP contribution is -2.04. The molecule has 0 amide bonds. The minimum atomic E-state index is -0.458. The molecule has 0 heterocycles. The third-order valence-electron chi connectivity index (χ3n) is 5.34. The van der Waals surface area contributed by atoms with E-state index in [1.165, 1.54) is 24.3 Å². The third-order valence-corrected chi connectivity index (χ3v) is 6.30. The number of ether oxygens (including phenoxy) is 2. The molecule has 0 saturated carbocycles. The van der Waals surface area contributed by atoms with E-state index in [1.807, 2.05) is 13.8 Å². The molecule has 0 aliphatic heterocycles. The molecular formula is C30H36Cl3F3O2. The van der Waals surface area contributed by atoms with Gasteiger partial charge < -0.3 is 9.47 Å². The molecule has 0 bridgehead atoms. The second-order valence-electron chi connectivity index (χ2n) is 9.38. The maximum atomic E-state index is 13.0. The molecule has 3 rings (SSSR count). The molecule has 3 aromatic rings. The van der Waals surface area contributed by atoms with Gasteiger partial charge in [0.2, 0.25) is 0 Å². The van der Waals surface area contributed by atoms with Crippen LogP contribution in [0.1, 0.15) is 76.0 Å². The van der Waals surface area contributed by atoms with Crippen LogP contribution in [0.25, 0.3) is 0 Å². The summed E-state index contributed by atoms with van der Waals surface area (Å²) in [5.41, 5.74) is 1.74. The Morgan fingerprint density at radius 1 is 0.605 bits per heavy atom. The predicted octanol–water partition coefficient (Wildman–Crippen LogP) is 10.8. The van der Waals surface area contributed by atoms with E-state index in [1.54, 1.807) is 45.2 Å². The highest BCUT2D eigenvalue weighted by Gasteiger charge is 2.13. The Morgan fingerprint density at radius 2 is 1.03 bits per heavy atom. The van der Waals surface area contributed by atoms with E-state index in [9.17, 15) is 13.2 Å². The SMILES string of the molecule is CC(C)c1c(F)cccc1Cl.CC(C)c1c(F)cccc1F.COCCOc1cc(Cl)c(C(C)C)c(Cl)c1. The monoisotopic (exact) mass is 590 g/mol. The quantitative estimate of drug-likeness (QED) is 0.254. The highest BCUT2D eigenvalue weighted by molar-refractivity contribution is 6.36. The van der Waals surface area contributed by atoms with Gasteiger partial charge in [0.1, 0.15) is 29.8 Å². The summed E-state index contributed by atoms with van der Waals surface area (Å²) in [4.78, 5) is 0. The van der Waals surface area contributed by atoms with Gasteiger partial charge in [-0.3, -0.25) is 0 Å². The lowest BCUT2D eigenvalue weighted by Gasteiger charge is -2.13. The normalized spacial score (nSPS) is 10.7. The molecule has 2 nitrogen and oxygen atoms in total. The van der Waals surface area contributed by atoms with E-state index in [0.29, 0.717) is 45.5 Å². The molecule has 0 spiro atoms. The van der Waals surface area contributed by atoms with Crippen LogP contribution in [0.4, 0.5) is 13.2 Å². The summed E-state index contributed by atoms with van der Waals surface area (Å²) >= 11 is 18.1. The Morgan fingerprint density at radius 3 is 1.37 bits per heavy atom. The van der Waals surface area contributed by atoms with Crippen LogP contribution in [0.3, 0.4) is 0 Å². The van der Waals surface area contributed by atoms with Gasteiger partial charge in [0.25, 0.3) is 0 Å². The second-order valence-corrected chi connectivity index (χ2v) is 10.6. The minimum Gasteiger partial charge on any atom is -0.491 e. The van der Waals surface area contributed by atoms with Gasteiger partial charge in [0.05, 0.1) is 6.61 Å². The van der Waals surface area contributed by atoms with Crippen LogP contribution in [0.2, 0.25) is 15.1 Å². The number of methoxy groups -OCH3 is 1. The molecule has 0 atom stereocenters. The number of halogens is 6. The highest BCUT2D eigenvalue weighted by atomic mass is 35.5. The molecule has 0 N–H and O–H groups in total. The first-order chi connectivity index (χ1) is 17.8. The van der Waals surface area contributed by atoms with Crippen LogP contribution >= 0.6 is 34.8 Å². The smallest absolute Gasteiger partial charge is 0.129 e. The van der Waals surface area contributed by atoms with Gasteiger partial charge >= 0.3 is 0 Å². The lowest BCUT2D eigenvalue weighted by atomic mass is 10.0. The number of hydrogen-bond donors (Lipinski definition) is 0. The van der Waals surface area contributed by atoms with Crippen LogP contribution in [-0.2, 0) is 4.74 Å². The van der Waals surface area contributed by atoms with Crippen molar-refractivity contribution in [3.63, 3.8) is 0 Å². The second kappa shape index (κ2) is 16.9. The first kappa shape index (κ1) is 34.1. The van der Waals surface area contributed by atoms with E-state index < -0.39 is 11.6 Å². The van der Waals surface area contributed by atoms with E-state index in [2.05, 4.69) is 13.8 Å². The lowest BCUT2D eigenvalue weighted by molar-refractivity contribution is 0.146. The third kappa shape index (κ3) is 10.7. The van der Waals surface area contributed by atoms with E-state index in [-0.39, 0.29) is 23.2 Å². The average molecular weight is 592 g/mol. The Labute approximate surface area is 240 Å². The van der Waals surface area contributed by atoms with Crippen molar-refractivity contribution in [3.05, 3.63) is 97.7 Å². The Kier molecular flexibility index (Phi) is 15.2. The highest BCUT2D eigenvalue weighted by Crippen LogP contribution is 2.35. The minimum absolute atomic E-state index is 0.101. The van der Waals surface area contributed by atoms with E-state index in [4.69, 9.17) is 44.3 Å². The van der Waals surface area contributed by atoms with Crippen molar-refractivity contribution >= 4 is 34.8 Å². The predicted molar refractivity (Wildman–Crippen MR) is 154 cm³/mol. The fourth-order valence-electron chi connectivity index (χ4n) is 3.56. The molecule has 0 aliphatic rings. The summed E-state index contributed by atoms with van der Waals surface area (Å²) in [5, 5.41) is 1.81. The van der Waals surface area contributed by atoms with Crippen molar-refractivity contribution in [3.8, 4) is 5.75 Å². The van der Waals surface area contributed by atoms with Gasteiger partial charge in [-0.15, -0.1) is 0 Å². The molecule has 0 radical (unpaired) electrons. The fourth-order valence-corrected chi connectivity index (χ4v) is 4.85. The van der Waals surface area contributed by atoms with Crippen LogP contribution < -0.4 is 4.74 Å². The largest absolute Gasteiger partial charge is 0.491 e. The Bertz CT molecular complexity index is 1030. The summed E-state index contributed by atoms with van der Waals surface area (Å²) in [6.07, 6.45) is 0. The van der Waals surface area contributed by atoms with Gasteiger partial charge in [0.15, 0.2) is 0 Å². The molecule has 0 saturated heterocycles. The molecule has 8 heteroatoms. The van der Waals surface area contributed by atoms with Gasteiger partial charge in [-0.2, -0.15) is 0 Å². The molecule has 38 heavy (non-hydrogen) atoms. The standard InChI is InChI=1S/C12H16Cl2O2.C9H10ClF.C9H10F2/c1-8(2)12-10(13)6-9(7-11(12)14)16-5-4-15-3;2*1-6(2)9-7(10)4-3-5-8(9)11/h6-8H,4-5H2,1-3H3;2*3-6H,1-2H3. The molecule has 0 aliphatic carbocycles. The average Bonchev–Trinajstić information content (AvgIpc) is 2.79. The zero-order valence-corrected chi connectivity index (χ0v) is 25.1. The summed E-state index contributed by atoms with van der Waals surface area (Å²) in [6.45, 7) is 12.5. The van der Waals surface area contributed by atoms with Crippen LogP contribution in [0.15, 0.2) is 48.5 Å². The van der Waals surface area contributed by atoms with Crippen LogP contribution in [-0.4, -0.2) is 20.3 Å². The number of rotatable bonds is 7. The van der Waals surface area contributed by atoms with Gasteiger partial charge in [-0.1, -0.05) is 88.5 Å². The van der Waals surface area contributed by atoms with Gasteiger partial charge in [0, 0.05) is 33.3 Å². The van der Waals surface area contributed by atoms with Gasteiger partial charge in [-0.25, -0.2) is 13.2 Å². The summed E-state index contributed by atoms with van der Waals surface area (Å²) in [6, 6.07) is 12.3. The Hall–Kier alpha value is -1.92. The topological polar surface area (TPSA) is 18.5 Å². The molecule has 3 aromatic carbocycles. The molecule has 0 fully saturated rings. The maximum absolute atomic E-state index is 13.0. The zero-order chi connectivity index (χ0) is 29.0. The van der Waals surface area contributed by atoms with Crippen molar-refractivity contribution in [2.24, 2.45) is 0 Å². The van der Waals surface area contributed by atoms with Crippen molar-refractivity contribution in [2.45, 2.75) is 59.3 Å². The maximum Gasteiger partial charge on any atom is 0.129 e. The molecule has 210 valence electrons. The number of benzene rings is 3. The van der Waals surface area contributed by atoms with E-state index in [0.717, 1.165) is 5.56 Å². The summed E-state index contributed by atoms with van der Waals surface area (Å²) in [5.74, 6) is -0.114. The molecule has 0 aromatic heterocycles. The van der Waals surface area contributed by atoms with Crippen LogP contribution in [0.5, 0.6) is 5.75 Å². The van der Waals surface area contributed by atoms with Crippen LogP contribution in [0, 0.1) is 17.5 Å². The van der Waals surface area contributed by atoms with Crippen molar-refractivity contribution in [2.75, 3.05) is 20.3 Å². The van der Waals surface area contributed by atoms with E-state index >= 15 is 0 Å². The van der Waals surface area contributed by atoms with Crippen molar-refractivity contribution < 1.29 is 22.6 Å². The van der Waals surface area contributed by atoms with Gasteiger partial charge in [-0.05, 0) is 59.7 Å². The number of hydrogen-bond acceptors (Lipinski definition) is 2. The first-order valence-corrected chi connectivity index (χ1v) is 13.4. The van der Waals surface area contributed by atoms with Crippen molar-refractivity contribution in [1.29, 1.82) is 0 Å². The summed E-state index contributed by atoms with van der Waals surface area (Å²) < 4.78 is 49.1. The zero-order valence-electron chi connectivity index (χ0n) is 22.8. The van der Waals surface area contributed by atoms with Crippen molar-refractivity contribution in [1.82, 2.24) is 0 Å². The fraction of sp³-hybridized carbons (Fsp3) is 0.400. The Balaban J connectivity index is 0.000000293. The molecular weight excluding hydrogens is 556 g/mol.